The number of ether oxygens (including phenoxy) is 2. The number of imidazole rings is 1. The van der Waals surface area contributed by atoms with Crippen LogP contribution in [0.3, 0.4) is 0 Å². The van der Waals surface area contributed by atoms with Crippen molar-refractivity contribution in [1.82, 2.24) is 30.0 Å². The van der Waals surface area contributed by atoms with Crippen molar-refractivity contribution in [2.45, 2.75) is 32.5 Å². The molecule has 2 aromatic heterocycles. The van der Waals surface area contributed by atoms with Gasteiger partial charge in [-0.2, -0.15) is 5.10 Å². The third-order valence-corrected chi connectivity index (χ3v) is 4.26. The lowest BCUT2D eigenvalue weighted by molar-refractivity contribution is -0.122. The van der Waals surface area contributed by atoms with Gasteiger partial charge in [0.1, 0.15) is 18.2 Å². The van der Waals surface area contributed by atoms with Gasteiger partial charge >= 0.3 is 0 Å². The number of aromatic amines is 1. The van der Waals surface area contributed by atoms with Crippen molar-refractivity contribution in [3.05, 3.63) is 53.6 Å². The molecule has 0 aliphatic carbocycles. The Hall–Kier alpha value is -3.40. The molecule has 4 N–H and O–H groups in total. The van der Waals surface area contributed by atoms with Gasteiger partial charge in [-0.05, 0) is 24.6 Å². The Balaban J connectivity index is 1.72. The van der Waals surface area contributed by atoms with Crippen molar-refractivity contribution in [2.75, 3.05) is 14.2 Å². The average Bonchev–Trinajstić information content (AvgIpc) is 3.36. The van der Waals surface area contributed by atoms with Gasteiger partial charge in [0.2, 0.25) is 5.91 Å². The van der Waals surface area contributed by atoms with E-state index in [1.807, 2.05) is 25.1 Å². The molecule has 3 rings (SSSR count). The zero-order valence-corrected chi connectivity index (χ0v) is 16.7. The number of methoxy groups -OCH3 is 2. The van der Waals surface area contributed by atoms with Gasteiger partial charge < -0.3 is 25.5 Å². The van der Waals surface area contributed by atoms with E-state index in [1.54, 1.807) is 26.6 Å². The number of nitrogens with two attached hydrogens (primary N) is 1. The van der Waals surface area contributed by atoms with Gasteiger partial charge in [-0.15, -0.1) is 0 Å². The van der Waals surface area contributed by atoms with E-state index < -0.39 is 0 Å². The van der Waals surface area contributed by atoms with Gasteiger partial charge in [0.25, 0.3) is 0 Å². The Morgan fingerprint density at radius 1 is 1.31 bits per heavy atom. The summed E-state index contributed by atoms with van der Waals surface area (Å²) in [7, 11) is 3.18. The number of benzene rings is 1. The van der Waals surface area contributed by atoms with Gasteiger partial charge in [0, 0.05) is 18.8 Å². The average molecular weight is 399 g/mol. The number of amides is 1. The molecule has 0 bridgehead atoms. The fourth-order valence-corrected chi connectivity index (χ4v) is 2.87. The smallest absolute Gasteiger partial charge is 0.242 e. The topological polar surface area (TPSA) is 133 Å². The summed E-state index contributed by atoms with van der Waals surface area (Å²) in [6.07, 6.45) is 3.81. The highest BCUT2D eigenvalue weighted by Crippen LogP contribution is 2.28. The van der Waals surface area contributed by atoms with E-state index in [0.29, 0.717) is 41.9 Å². The maximum Gasteiger partial charge on any atom is 0.242 e. The summed E-state index contributed by atoms with van der Waals surface area (Å²) in [5.41, 5.74) is 6.98. The molecule has 0 saturated heterocycles. The zero-order valence-electron chi connectivity index (χ0n) is 16.7. The summed E-state index contributed by atoms with van der Waals surface area (Å²) in [6, 6.07) is 5.27. The van der Waals surface area contributed by atoms with Crippen molar-refractivity contribution in [3.8, 4) is 11.5 Å². The third-order valence-electron chi connectivity index (χ3n) is 4.26. The van der Waals surface area contributed by atoms with Crippen LogP contribution in [0, 0.1) is 0 Å². The second kappa shape index (κ2) is 9.20. The number of H-pyrrole nitrogens is 1. The van der Waals surface area contributed by atoms with Crippen LogP contribution in [-0.2, 0) is 24.3 Å². The molecule has 3 aromatic rings. The van der Waals surface area contributed by atoms with E-state index >= 15 is 0 Å². The van der Waals surface area contributed by atoms with Crippen LogP contribution < -0.4 is 20.5 Å². The lowest BCUT2D eigenvalue weighted by atomic mass is 10.1. The molecular weight excluding hydrogens is 374 g/mol. The van der Waals surface area contributed by atoms with Crippen molar-refractivity contribution in [1.29, 1.82) is 0 Å². The summed E-state index contributed by atoms with van der Waals surface area (Å²) >= 11 is 0. The van der Waals surface area contributed by atoms with Gasteiger partial charge in [0.15, 0.2) is 17.3 Å². The van der Waals surface area contributed by atoms with Crippen LogP contribution in [-0.4, -0.2) is 44.9 Å². The van der Waals surface area contributed by atoms with Crippen LogP contribution in [0.15, 0.2) is 30.6 Å². The van der Waals surface area contributed by atoms with Crippen molar-refractivity contribution in [2.24, 2.45) is 5.73 Å². The summed E-state index contributed by atoms with van der Waals surface area (Å²) in [5, 5.41) is 7.27. The highest BCUT2D eigenvalue weighted by atomic mass is 16.5. The van der Waals surface area contributed by atoms with Gasteiger partial charge in [0.05, 0.1) is 26.8 Å². The minimum Gasteiger partial charge on any atom is -0.493 e. The quantitative estimate of drug-likeness (QED) is 0.488. The highest BCUT2D eigenvalue weighted by Gasteiger charge is 2.17. The zero-order chi connectivity index (χ0) is 20.8. The second-order valence-electron chi connectivity index (χ2n) is 6.51. The summed E-state index contributed by atoms with van der Waals surface area (Å²) in [6.45, 7) is 2.14. The maximum absolute atomic E-state index is 12.3. The number of carbonyl (C=O) groups is 1. The predicted molar refractivity (Wildman–Crippen MR) is 105 cm³/mol. The lowest BCUT2D eigenvalue weighted by Crippen LogP contribution is -2.29. The Labute approximate surface area is 168 Å². The predicted octanol–water partition coefficient (Wildman–Crippen LogP) is 0.945. The second-order valence-corrected chi connectivity index (χ2v) is 6.51. The van der Waals surface area contributed by atoms with Gasteiger partial charge in [-0.1, -0.05) is 6.07 Å². The molecule has 0 spiro atoms. The van der Waals surface area contributed by atoms with Crippen molar-refractivity contribution >= 4 is 5.91 Å². The van der Waals surface area contributed by atoms with Crippen LogP contribution in [0.4, 0.5) is 0 Å². The first-order chi connectivity index (χ1) is 14.0. The third kappa shape index (κ3) is 5.11. The largest absolute Gasteiger partial charge is 0.493 e. The molecule has 10 nitrogen and oxygen atoms in total. The minimum atomic E-state index is -0.362. The number of hydrogen-bond donors (Lipinski definition) is 3. The molecule has 1 aromatic carbocycles. The molecule has 2 heterocycles. The van der Waals surface area contributed by atoms with E-state index in [0.717, 1.165) is 5.56 Å². The molecule has 29 heavy (non-hydrogen) atoms. The number of aromatic nitrogens is 5. The fraction of sp³-hybridized carbons (Fsp3) is 0.368. The number of hydrogen-bond acceptors (Lipinski definition) is 7. The van der Waals surface area contributed by atoms with E-state index in [1.165, 1.54) is 4.68 Å². The molecule has 1 atom stereocenters. The monoisotopic (exact) mass is 399 g/mol. The molecule has 0 aliphatic rings. The number of rotatable bonds is 9. The lowest BCUT2D eigenvalue weighted by Gasteiger charge is -2.08. The van der Waals surface area contributed by atoms with Crippen LogP contribution in [0.25, 0.3) is 0 Å². The molecule has 1 amide bonds. The first kappa shape index (κ1) is 20.3. The molecule has 154 valence electrons. The van der Waals surface area contributed by atoms with E-state index in [-0.39, 0.29) is 18.5 Å². The first-order valence-corrected chi connectivity index (χ1v) is 9.15. The Morgan fingerprint density at radius 3 is 2.76 bits per heavy atom. The van der Waals surface area contributed by atoms with Crippen LogP contribution in [0.2, 0.25) is 0 Å². The van der Waals surface area contributed by atoms with E-state index in [4.69, 9.17) is 15.2 Å². The van der Waals surface area contributed by atoms with E-state index in [2.05, 4.69) is 25.4 Å². The molecule has 0 radical (unpaired) electrons. The Bertz CT molecular complexity index is 951. The SMILES string of the molecule is COc1ccc(Cc2nc([C@@H](C)N)n(CC(=O)NCc3ncc[nH]3)n2)cc1OC. The molecule has 0 fully saturated rings. The van der Waals surface area contributed by atoms with Gasteiger partial charge in [-0.25, -0.2) is 14.6 Å². The summed E-state index contributed by atoms with van der Waals surface area (Å²) in [4.78, 5) is 23.8. The maximum atomic E-state index is 12.3. The standard InChI is InChI=1S/C19H25N7O3/c1-12(20)19-24-16(9-13-4-5-14(28-2)15(8-13)29-3)25-26(19)11-18(27)23-10-17-21-6-7-22-17/h4-8,12H,9-11,20H2,1-3H3,(H,21,22)(H,23,27)/t12-/m1/s1. The minimum absolute atomic E-state index is 0.0243. The van der Waals surface area contributed by atoms with Crippen molar-refractivity contribution in [3.63, 3.8) is 0 Å². The van der Waals surface area contributed by atoms with Crippen LogP contribution in [0.1, 0.15) is 36.0 Å². The summed E-state index contributed by atoms with van der Waals surface area (Å²) in [5.74, 6) is 2.88. The Kier molecular flexibility index (Phi) is 6.45. The van der Waals surface area contributed by atoms with Crippen LogP contribution in [0.5, 0.6) is 11.5 Å². The molecule has 0 saturated carbocycles. The van der Waals surface area contributed by atoms with Gasteiger partial charge in [-0.3, -0.25) is 4.79 Å². The Morgan fingerprint density at radius 2 is 2.10 bits per heavy atom. The van der Waals surface area contributed by atoms with Crippen molar-refractivity contribution < 1.29 is 14.3 Å². The number of nitrogens with one attached hydrogen (secondary N) is 2. The number of nitrogens with zero attached hydrogens (tertiary/aromatic N) is 4. The molecular formula is C19H25N7O3. The molecule has 0 unspecified atom stereocenters. The molecule has 0 aliphatic heterocycles. The van der Waals surface area contributed by atoms with E-state index in [9.17, 15) is 4.79 Å². The number of carbonyl (C=O) groups excluding carboxylic acids is 1. The first-order valence-electron chi connectivity index (χ1n) is 9.15. The molecule has 10 heteroatoms. The highest BCUT2D eigenvalue weighted by molar-refractivity contribution is 5.75. The van der Waals surface area contributed by atoms with Crippen LogP contribution >= 0.6 is 0 Å². The summed E-state index contributed by atoms with van der Waals surface area (Å²) < 4.78 is 12.1. The normalized spacial score (nSPS) is 11.9. The fourth-order valence-electron chi connectivity index (χ4n) is 2.87.